The fraction of sp³-hybridized carbons (Fsp3) is 0.400. The Balaban J connectivity index is 2.08. The number of methoxy groups -OCH3 is 1. The maximum atomic E-state index is 14.0. The molecule has 164 valence electrons. The Bertz CT molecular complexity index is 1170. The molecule has 1 fully saturated rings. The molecular formula is C25H28FNO4. The molecule has 0 aliphatic heterocycles. The van der Waals surface area contributed by atoms with Gasteiger partial charge in [-0.15, -0.1) is 0 Å². The van der Waals surface area contributed by atoms with Crippen LogP contribution in [0.25, 0.3) is 16.6 Å². The van der Waals surface area contributed by atoms with Crippen LogP contribution in [-0.2, 0) is 21.4 Å². The summed E-state index contributed by atoms with van der Waals surface area (Å²) >= 11 is 0. The lowest BCUT2D eigenvalue weighted by Crippen LogP contribution is -2.29. The smallest absolute Gasteiger partial charge is 0.309 e. The van der Waals surface area contributed by atoms with E-state index >= 15 is 0 Å². The van der Waals surface area contributed by atoms with Crippen molar-refractivity contribution in [1.82, 2.24) is 4.57 Å². The Hall–Kier alpha value is -2.86. The summed E-state index contributed by atoms with van der Waals surface area (Å²) in [7, 11) is 1.64. The molecule has 5 nitrogen and oxygen atoms in total. The number of fused-ring (bicyclic) bond motifs is 1. The van der Waals surface area contributed by atoms with Gasteiger partial charge in [0.2, 0.25) is 0 Å². The third-order valence-electron chi connectivity index (χ3n) is 6.42. The molecule has 1 heterocycles. The molecular weight excluding hydrogens is 397 g/mol. The largest absolute Gasteiger partial charge is 0.508 e. The number of hydrogen-bond acceptors (Lipinski definition) is 3. The summed E-state index contributed by atoms with van der Waals surface area (Å²) in [6.45, 7) is 6.26. The minimum absolute atomic E-state index is 0.123. The second kappa shape index (κ2) is 7.38. The van der Waals surface area contributed by atoms with Crippen molar-refractivity contribution in [2.75, 3.05) is 13.7 Å². The van der Waals surface area contributed by atoms with Crippen molar-refractivity contribution in [3.63, 3.8) is 0 Å². The zero-order valence-corrected chi connectivity index (χ0v) is 18.3. The summed E-state index contributed by atoms with van der Waals surface area (Å²) in [6.07, 6.45) is 1.64. The number of phenols is 1. The SMILES string of the molecule is COCC(C)(C)c1c(CC2(C(=O)O)CC2)c2cc(O)ccc2n1-c1ccc(F)c(C)c1. The normalized spacial score (nSPS) is 15.4. The molecule has 0 unspecified atom stereocenters. The molecule has 0 radical (unpaired) electrons. The Morgan fingerprint density at radius 1 is 1.23 bits per heavy atom. The van der Waals surface area contributed by atoms with Gasteiger partial charge in [-0.3, -0.25) is 4.79 Å². The van der Waals surface area contributed by atoms with E-state index in [0.29, 0.717) is 31.4 Å². The van der Waals surface area contributed by atoms with Gasteiger partial charge in [0, 0.05) is 29.3 Å². The topological polar surface area (TPSA) is 71.7 Å². The summed E-state index contributed by atoms with van der Waals surface area (Å²) in [5.74, 6) is -0.947. The van der Waals surface area contributed by atoms with Crippen LogP contribution in [-0.4, -0.2) is 34.5 Å². The van der Waals surface area contributed by atoms with E-state index in [0.717, 1.165) is 27.8 Å². The molecule has 2 aromatic carbocycles. The molecule has 1 aliphatic rings. The first-order valence-electron chi connectivity index (χ1n) is 10.5. The lowest BCUT2D eigenvalue weighted by molar-refractivity contribution is -0.143. The number of halogens is 1. The van der Waals surface area contributed by atoms with Gasteiger partial charge in [0.15, 0.2) is 0 Å². The second-order valence-electron chi connectivity index (χ2n) is 9.38. The summed E-state index contributed by atoms with van der Waals surface area (Å²) in [5, 5.41) is 20.9. The number of carboxylic acids is 1. The van der Waals surface area contributed by atoms with Crippen molar-refractivity contribution in [2.45, 2.75) is 45.4 Å². The predicted molar refractivity (Wildman–Crippen MR) is 118 cm³/mol. The number of aliphatic carboxylic acids is 1. The first-order chi connectivity index (χ1) is 14.6. The Morgan fingerprint density at radius 3 is 2.52 bits per heavy atom. The molecule has 0 amide bonds. The van der Waals surface area contributed by atoms with Gasteiger partial charge in [-0.05, 0) is 73.7 Å². The third kappa shape index (κ3) is 3.59. The number of aromatic nitrogens is 1. The average molecular weight is 426 g/mol. The number of benzene rings is 2. The van der Waals surface area contributed by atoms with Crippen LogP contribution in [0.15, 0.2) is 36.4 Å². The van der Waals surface area contributed by atoms with E-state index in [2.05, 4.69) is 18.4 Å². The molecule has 31 heavy (non-hydrogen) atoms. The first kappa shape index (κ1) is 21.4. The monoisotopic (exact) mass is 425 g/mol. The zero-order valence-electron chi connectivity index (χ0n) is 18.3. The van der Waals surface area contributed by atoms with Crippen LogP contribution in [0.2, 0.25) is 0 Å². The van der Waals surface area contributed by atoms with Crippen molar-refractivity contribution in [3.05, 3.63) is 59.0 Å². The van der Waals surface area contributed by atoms with E-state index in [1.807, 2.05) is 6.07 Å². The molecule has 0 spiro atoms. The van der Waals surface area contributed by atoms with E-state index in [1.54, 1.807) is 38.3 Å². The van der Waals surface area contributed by atoms with Gasteiger partial charge in [0.1, 0.15) is 11.6 Å². The minimum atomic E-state index is -0.790. The third-order valence-corrected chi connectivity index (χ3v) is 6.42. The van der Waals surface area contributed by atoms with E-state index in [9.17, 15) is 19.4 Å². The molecule has 1 aliphatic carbocycles. The molecule has 1 aromatic heterocycles. The van der Waals surface area contributed by atoms with E-state index in [-0.39, 0.29) is 11.6 Å². The van der Waals surface area contributed by atoms with Gasteiger partial charge in [-0.2, -0.15) is 0 Å². The fourth-order valence-electron chi connectivity index (χ4n) is 4.65. The lowest BCUT2D eigenvalue weighted by atomic mass is 9.83. The number of carboxylic acid groups (broad SMARTS) is 1. The molecule has 2 N–H and O–H groups in total. The summed E-state index contributed by atoms with van der Waals surface area (Å²) in [6, 6.07) is 10.1. The van der Waals surface area contributed by atoms with Gasteiger partial charge in [-0.25, -0.2) is 4.39 Å². The van der Waals surface area contributed by atoms with Gasteiger partial charge in [0.05, 0.1) is 17.5 Å². The highest BCUT2D eigenvalue weighted by molar-refractivity contribution is 5.90. The number of aromatic hydroxyl groups is 1. The summed E-state index contributed by atoms with van der Waals surface area (Å²) in [5.41, 5.74) is 2.75. The van der Waals surface area contributed by atoms with Crippen molar-refractivity contribution < 1.29 is 24.1 Å². The first-order valence-corrected chi connectivity index (χ1v) is 10.5. The van der Waals surface area contributed by atoms with Crippen LogP contribution in [0.1, 0.15) is 43.5 Å². The number of hydrogen-bond donors (Lipinski definition) is 2. The molecule has 4 rings (SSSR count). The van der Waals surface area contributed by atoms with Gasteiger partial charge in [-0.1, -0.05) is 13.8 Å². The molecule has 1 saturated carbocycles. The van der Waals surface area contributed by atoms with E-state index in [1.165, 1.54) is 6.07 Å². The quantitative estimate of drug-likeness (QED) is 0.551. The highest BCUT2D eigenvalue weighted by atomic mass is 19.1. The van der Waals surface area contributed by atoms with Crippen LogP contribution >= 0.6 is 0 Å². The average Bonchev–Trinajstić information content (AvgIpc) is 3.41. The van der Waals surface area contributed by atoms with Crippen LogP contribution < -0.4 is 0 Å². The number of ether oxygens (including phenoxy) is 1. The molecule has 0 saturated heterocycles. The summed E-state index contributed by atoms with van der Waals surface area (Å²) < 4.78 is 21.6. The molecule has 3 aromatic rings. The number of carbonyl (C=O) groups is 1. The Morgan fingerprint density at radius 2 is 1.94 bits per heavy atom. The predicted octanol–water partition coefficient (Wildman–Crippen LogP) is 5.11. The molecule has 6 heteroatoms. The van der Waals surface area contributed by atoms with Crippen molar-refractivity contribution >= 4 is 16.9 Å². The van der Waals surface area contributed by atoms with Crippen LogP contribution in [0, 0.1) is 18.2 Å². The highest BCUT2D eigenvalue weighted by Gasteiger charge is 2.51. The number of aryl methyl sites for hydroxylation is 1. The van der Waals surface area contributed by atoms with Crippen LogP contribution in [0.4, 0.5) is 4.39 Å². The van der Waals surface area contributed by atoms with Crippen molar-refractivity contribution in [1.29, 1.82) is 0 Å². The number of nitrogens with zero attached hydrogens (tertiary/aromatic N) is 1. The van der Waals surface area contributed by atoms with Crippen molar-refractivity contribution in [2.24, 2.45) is 5.41 Å². The van der Waals surface area contributed by atoms with Crippen LogP contribution in [0.3, 0.4) is 0 Å². The molecule has 0 atom stereocenters. The number of phenolic OH excluding ortho intramolecular Hbond substituents is 1. The maximum Gasteiger partial charge on any atom is 0.309 e. The van der Waals surface area contributed by atoms with Crippen molar-refractivity contribution in [3.8, 4) is 11.4 Å². The van der Waals surface area contributed by atoms with Gasteiger partial charge < -0.3 is 19.5 Å². The van der Waals surface area contributed by atoms with E-state index in [4.69, 9.17) is 4.74 Å². The standard InChI is InChI=1S/C25H28FNO4/c1-15-11-16(5-7-20(15)26)27-21-8-6-17(28)12-18(21)19(13-25(9-10-25)23(29)30)22(27)24(2,3)14-31-4/h5-8,11-12,28H,9-10,13-14H2,1-4H3,(H,29,30). The highest BCUT2D eigenvalue weighted by Crippen LogP contribution is 2.51. The maximum absolute atomic E-state index is 14.0. The number of rotatable bonds is 7. The van der Waals surface area contributed by atoms with Crippen LogP contribution in [0.5, 0.6) is 5.75 Å². The van der Waals surface area contributed by atoms with Gasteiger partial charge in [0.25, 0.3) is 0 Å². The second-order valence-corrected chi connectivity index (χ2v) is 9.38. The lowest BCUT2D eigenvalue weighted by Gasteiger charge is -2.29. The van der Waals surface area contributed by atoms with E-state index < -0.39 is 16.8 Å². The molecule has 0 bridgehead atoms. The Labute approximate surface area is 181 Å². The van der Waals surface area contributed by atoms with Gasteiger partial charge >= 0.3 is 5.97 Å². The zero-order chi connectivity index (χ0) is 22.6. The Kier molecular flexibility index (Phi) is 5.09. The minimum Gasteiger partial charge on any atom is -0.508 e. The fourth-order valence-corrected chi connectivity index (χ4v) is 4.65. The summed E-state index contributed by atoms with van der Waals surface area (Å²) in [4.78, 5) is 12.0.